The highest BCUT2D eigenvalue weighted by Crippen LogP contribution is 2.30. The summed E-state index contributed by atoms with van der Waals surface area (Å²) >= 11 is 0. The van der Waals surface area contributed by atoms with Gasteiger partial charge in [0.25, 0.3) is 5.91 Å². The van der Waals surface area contributed by atoms with E-state index in [1.165, 1.54) is 36.4 Å². The molecule has 1 fully saturated rings. The van der Waals surface area contributed by atoms with Crippen molar-refractivity contribution in [2.45, 2.75) is 44.0 Å². The van der Waals surface area contributed by atoms with Gasteiger partial charge in [-0.25, -0.2) is 4.39 Å². The largest absolute Gasteiger partial charge is 0.508 e. The van der Waals surface area contributed by atoms with Crippen LogP contribution in [0, 0.1) is 5.82 Å². The Morgan fingerprint density at radius 1 is 1.11 bits per heavy atom. The molecule has 6 heteroatoms. The highest BCUT2D eigenvalue weighted by molar-refractivity contribution is 5.94. The second kappa shape index (κ2) is 8.50. The topological polar surface area (TPSA) is 78.8 Å². The van der Waals surface area contributed by atoms with Crippen molar-refractivity contribution in [3.05, 3.63) is 65.5 Å². The Bertz CT molecular complexity index is 753. The maximum Gasteiger partial charge on any atom is 0.251 e. The monoisotopic (exact) mass is 373 g/mol. The number of phenols is 1. The Hall–Kier alpha value is -2.44. The van der Waals surface area contributed by atoms with E-state index >= 15 is 0 Å². The summed E-state index contributed by atoms with van der Waals surface area (Å²) in [5.41, 5.74) is 0.411. The molecule has 0 saturated heterocycles. The van der Waals surface area contributed by atoms with E-state index < -0.39 is 5.60 Å². The van der Waals surface area contributed by atoms with Gasteiger partial charge in [0, 0.05) is 12.1 Å². The van der Waals surface area contributed by atoms with Gasteiger partial charge < -0.3 is 20.3 Å². The van der Waals surface area contributed by atoms with Crippen LogP contribution in [0.25, 0.3) is 0 Å². The molecule has 0 atom stereocenters. The summed E-state index contributed by atoms with van der Waals surface area (Å²) in [6.07, 6.45) is 2.52. The predicted molar refractivity (Wildman–Crippen MR) is 98.8 cm³/mol. The summed E-state index contributed by atoms with van der Waals surface area (Å²) in [7, 11) is 0. The van der Waals surface area contributed by atoms with E-state index in [0.717, 1.165) is 5.56 Å². The molecule has 0 heterocycles. The van der Waals surface area contributed by atoms with Gasteiger partial charge in [-0.3, -0.25) is 4.79 Å². The molecule has 1 saturated carbocycles. The van der Waals surface area contributed by atoms with Gasteiger partial charge in [0.05, 0.1) is 18.3 Å². The normalized spacial score (nSPS) is 22.4. The zero-order valence-electron chi connectivity index (χ0n) is 15.0. The highest BCUT2D eigenvalue weighted by atomic mass is 19.1. The number of hydrogen-bond acceptors (Lipinski definition) is 4. The minimum Gasteiger partial charge on any atom is -0.508 e. The Kier molecular flexibility index (Phi) is 6.08. The number of hydrogen-bond donors (Lipinski definition) is 3. The second-order valence-electron chi connectivity index (χ2n) is 7.09. The number of carbonyl (C=O) groups is 1. The fraction of sp³-hybridized carbons (Fsp3) is 0.381. The first-order valence-corrected chi connectivity index (χ1v) is 9.09. The van der Waals surface area contributed by atoms with E-state index in [2.05, 4.69) is 5.32 Å². The molecule has 0 aromatic heterocycles. The average molecular weight is 373 g/mol. The zero-order chi connectivity index (χ0) is 19.3. The van der Waals surface area contributed by atoms with Crippen molar-refractivity contribution < 1.29 is 24.1 Å². The van der Waals surface area contributed by atoms with Crippen LogP contribution in [-0.2, 0) is 11.3 Å². The molecule has 0 spiro atoms. The van der Waals surface area contributed by atoms with Crippen molar-refractivity contribution in [1.82, 2.24) is 5.32 Å². The van der Waals surface area contributed by atoms with Crippen molar-refractivity contribution >= 4 is 5.91 Å². The minimum absolute atomic E-state index is 0.0446. The number of amides is 1. The molecule has 1 amide bonds. The molecule has 2 aromatic carbocycles. The maximum absolute atomic E-state index is 12.9. The maximum atomic E-state index is 12.9. The van der Waals surface area contributed by atoms with Crippen LogP contribution < -0.4 is 5.32 Å². The lowest BCUT2D eigenvalue weighted by Crippen LogP contribution is -2.46. The molecule has 2 aromatic rings. The molecule has 3 rings (SSSR count). The third-order valence-corrected chi connectivity index (χ3v) is 4.97. The Labute approximate surface area is 157 Å². The van der Waals surface area contributed by atoms with Crippen LogP contribution in [0.15, 0.2) is 48.5 Å². The molecule has 1 aliphatic rings. The van der Waals surface area contributed by atoms with Crippen LogP contribution in [0.3, 0.4) is 0 Å². The van der Waals surface area contributed by atoms with Gasteiger partial charge >= 0.3 is 0 Å². The number of halogens is 1. The van der Waals surface area contributed by atoms with Crippen molar-refractivity contribution in [3.63, 3.8) is 0 Å². The van der Waals surface area contributed by atoms with Gasteiger partial charge in [-0.05, 0) is 67.6 Å². The Morgan fingerprint density at radius 3 is 2.37 bits per heavy atom. The smallest absolute Gasteiger partial charge is 0.251 e. The van der Waals surface area contributed by atoms with Crippen molar-refractivity contribution in [1.29, 1.82) is 0 Å². The molecular formula is C21H24FNO4. The molecule has 144 valence electrons. The van der Waals surface area contributed by atoms with Gasteiger partial charge in [0.1, 0.15) is 11.6 Å². The van der Waals surface area contributed by atoms with Gasteiger partial charge in [0.2, 0.25) is 0 Å². The SMILES string of the molecule is O=C(NCC1(O)CCC(OCc2ccc(F)cc2)CC1)c1ccc(O)cc1. The fourth-order valence-electron chi connectivity index (χ4n) is 3.23. The first-order chi connectivity index (χ1) is 12.9. The number of aromatic hydroxyl groups is 1. The molecule has 27 heavy (non-hydrogen) atoms. The number of nitrogens with one attached hydrogen (secondary N) is 1. The minimum atomic E-state index is -0.942. The molecule has 1 aliphatic carbocycles. The van der Waals surface area contributed by atoms with E-state index in [-0.39, 0.29) is 30.1 Å². The number of ether oxygens (including phenoxy) is 1. The number of phenolic OH excluding ortho intramolecular Hbond substituents is 1. The third kappa shape index (κ3) is 5.52. The third-order valence-electron chi connectivity index (χ3n) is 4.97. The van der Waals surface area contributed by atoms with Crippen molar-refractivity contribution in [2.24, 2.45) is 0 Å². The predicted octanol–water partition coefficient (Wildman–Crippen LogP) is 3.15. The highest BCUT2D eigenvalue weighted by Gasteiger charge is 2.34. The van der Waals surface area contributed by atoms with Crippen LogP contribution >= 0.6 is 0 Å². The van der Waals surface area contributed by atoms with E-state index in [1.54, 1.807) is 12.1 Å². The van der Waals surface area contributed by atoms with E-state index in [1.807, 2.05) is 0 Å². The second-order valence-corrected chi connectivity index (χ2v) is 7.09. The molecule has 0 radical (unpaired) electrons. The Balaban J connectivity index is 1.42. The van der Waals surface area contributed by atoms with E-state index in [9.17, 15) is 19.4 Å². The van der Waals surface area contributed by atoms with Crippen LogP contribution in [0.5, 0.6) is 5.75 Å². The molecule has 0 aliphatic heterocycles. The van der Waals surface area contributed by atoms with Gasteiger partial charge in [-0.1, -0.05) is 12.1 Å². The lowest BCUT2D eigenvalue weighted by atomic mass is 9.83. The van der Waals surface area contributed by atoms with Crippen LogP contribution in [0.2, 0.25) is 0 Å². The van der Waals surface area contributed by atoms with Crippen LogP contribution in [-0.4, -0.2) is 34.4 Å². The lowest BCUT2D eigenvalue weighted by Gasteiger charge is -2.36. The van der Waals surface area contributed by atoms with E-state index in [0.29, 0.717) is 37.9 Å². The Morgan fingerprint density at radius 2 is 1.74 bits per heavy atom. The number of carbonyl (C=O) groups excluding carboxylic acids is 1. The summed E-state index contributed by atoms with van der Waals surface area (Å²) < 4.78 is 18.8. The quantitative estimate of drug-likeness (QED) is 0.727. The lowest BCUT2D eigenvalue weighted by molar-refractivity contribution is -0.0582. The average Bonchev–Trinajstić information content (AvgIpc) is 2.68. The van der Waals surface area contributed by atoms with Crippen LogP contribution in [0.4, 0.5) is 4.39 Å². The number of rotatable bonds is 6. The van der Waals surface area contributed by atoms with Gasteiger partial charge in [0.15, 0.2) is 0 Å². The molecule has 5 nitrogen and oxygen atoms in total. The van der Waals surface area contributed by atoms with Crippen molar-refractivity contribution in [3.8, 4) is 5.75 Å². The first kappa shape index (κ1) is 19.3. The van der Waals surface area contributed by atoms with Gasteiger partial charge in [-0.15, -0.1) is 0 Å². The van der Waals surface area contributed by atoms with Crippen molar-refractivity contribution in [2.75, 3.05) is 6.54 Å². The van der Waals surface area contributed by atoms with Crippen LogP contribution in [0.1, 0.15) is 41.6 Å². The first-order valence-electron chi connectivity index (χ1n) is 9.09. The summed E-state index contributed by atoms with van der Waals surface area (Å²) in [4.78, 5) is 12.1. The molecule has 3 N–H and O–H groups in total. The summed E-state index contributed by atoms with van der Waals surface area (Å²) in [6, 6.07) is 12.2. The fourth-order valence-corrected chi connectivity index (χ4v) is 3.23. The molecular weight excluding hydrogens is 349 g/mol. The zero-order valence-corrected chi connectivity index (χ0v) is 15.0. The summed E-state index contributed by atoms with van der Waals surface area (Å²) in [5.74, 6) is -0.446. The summed E-state index contributed by atoms with van der Waals surface area (Å²) in [6.45, 7) is 0.596. The standard InChI is InChI=1S/C21H24FNO4/c22-17-5-1-15(2-6-17)13-27-19-9-11-21(26,12-10-19)14-23-20(25)16-3-7-18(24)8-4-16/h1-8,19,24,26H,9-14H2,(H,23,25). The number of aliphatic hydroxyl groups is 1. The number of benzene rings is 2. The summed E-state index contributed by atoms with van der Waals surface area (Å²) in [5, 5.41) is 22.7. The van der Waals surface area contributed by atoms with E-state index in [4.69, 9.17) is 4.74 Å². The van der Waals surface area contributed by atoms with Gasteiger partial charge in [-0.2, -0.15) is 0 Å². The molecule has 0 bridgehead atoms. The molecule has 0 unspecified atom stereocenters.